The molecule has 0 radical (unpaired) electrons. The van der Waals surface area contributed by atoms with Crippen molar-refractivity contribution in [3.05, 3.63) is 48.2 Å². The van der Waals surface area contributed by atoms with Crippen LogP contribution in [0, 0.1) is 0 Å². The lowest BCUT2D eigenvalue weighted by Crippen LogP contribution is -2.39. The standard InChI is InChI=1S/C18H22N4O2/c1-21-12-20-16-10-22(8-6-17(16)21)9-13(23)11-24-18-4-2-3-15-14(18)5-7-19-15/h2-5,7,12-13,19,23H,6,8-11H2,1H3. The first kappa shape index (κ1) is 15.2. The van der Waals surface area contributed by atoms with E-state index >= 15 is 0 Å². The number of aryl methyl sites for hydroxylation is 1. The molecule has 3 heterocycles. The van der Waals surface area contributed by atoms with E-state index in [1.807, 2.05) is 43.8 Å². The zero-order valence-corrected chi connectivity index (χ0v) is 13.8. The van der Waals surface area contributed by atoms with E-state index in [-0.39, 0.29) is 6.61 Å². The highest BCUT2D eigenvalue weighted by Crippen LogP contribution is 2.24. The summed E-state index contributed by atoms with van der Waals surface area (Å²) in [5.74, 6) is 0.804. The van der Waals surface area contributed by atoms with Gasteiger partial charge >= 0.3 is 0 Å². The fourth-order valence-corrected chi connectivity index (χ4v) is 3.39. The van der Waals surface area contributed by atoms with Crippen LogP contribution >= 0.6 is 0 Å². The van der Waals surface area contributed by atoms with Crippen molar-refractivity contribution >= 4 is 10.9 Å². The monoisotopic (exact) mass is 326 g/mol. The molecule has 1 aromatic carbocycles. The minimum atomic E-state index is -0.524. The Hall–Kier alpha value is -2.31. The van der Waals surface area contributed by atoms with Gasteiger partial charge in [0.05, 0.1) is 12.0 Å². The molecule has 126 valence electrons. The number of rotatable bonds is 5. The molecule has 6 nitrogen and oxygen atoms in total. The van der Waals surface area contributed by atoms with Crippen LogP contribution in [0.25, 0.3) is 10.9 Å². The third-order valence-electron chi connectivity index (χ3n) is 4.64. The topological polar surface area (TPSA) is 66.3 Å². The summed E-state index contributed by atoms with van der Waals surface area (Å²) < 4.78 is 7.93. The average Bonchev–Trinajstić information content (AvgIpc) is 3.20. The molecule has 0 aliphatic carbocycles. The lowest BCUT2D eigenvalue weighted by Gasteiger charge is -2.28. The van der Waals surface area contributed by atoms with Gasteiger partial charge in [0.25, 0.3) is 0 Å². The van der Waals surface area contributed by atoms with Gasteiger partial charge in [-0.25, -0.2) is 4.98 Å². The fourth-order valence-electron chi connectivity index (χ4n) is 3.39. The first-order valence-electron chi connectivity index (χ1n) is 8.29. The van der Waals surface area contributed by atoms with E-state index < -0.39 is 6.10 Å². The normalized spacial score (nSPS) is 16.2. The molecule has 1 atom stereocenters. The van der Waals surface area contributed by atoms with Gasteiger partial charge in [0.1, 0.15) is 18.5 Å². The van der Waals surface area contributed by atoms with E-state index in [1.54, 1.807) is 0 Å². The summed E-state index contributed by atoms with van der Waals surface area (Å²) in [5, 5.41) is 11.4. The highest BCUT2D eigenvalue weighted by molar-refractivity contribution is 5.85. The minimum Gasteiger partial charge on any atom is -0.490 e. The van der Waals surface area contributed by atoms with Crippen LogP contribution in [0.5, 0.6) is 5.75 Å². The quantitative estimate of drug-likeness (QED) is 0.749. The summed E-state index contributed by atoms with van der Waals surface area (Å²) in [4.78, 5) is 9.84. The van der Waals surface area contributed by atoms with Crippen LogP contribution < -0.4 is 4.74 Å². The molecule has 2 N–H and O–H groups in total. The first-order chi connectivity index (χ1) is 11.7. The number of nitrogens with zero attached hydrogens (tertiary/aromatic N) is 3. The van der Waals surface area contributed by atoms with Crippen LogP contribution in [-0.4, -0.2) is 50.3 Å². The smallest absolute Gasteiger partial charge is 0.128 e. The molecular formula is C18H22N4O2. The van der Waals surface area contributed by atoms with Gasteiger partial charge in [-0.3, -0.25) is 4.90 Å². The first-order valence-corrected chi connectivity index (χ1v) is 8.29. The predicted octanol–water partition coefficient (Wildman–Crippen LogP) is 1.70. The molecule has 0 bridgehead atoms. The van der Waals surface area contributed by atoms with E-state index in [0.29, 0.717) is 6.54 Å². The van der Waals surface area contributed by atoms with E-state index in [2.05, 4.69) is 19.4 Å². The van der Waals surface area contributed by atoms with Crippen molar-refractivity contribution < 1.29 is 9.84 Å². The number of aliphatic hydroxyl groups is 1. The van der Waals surface area contributed by atoms with Crippen molar-refractivity contribution in [2.24, 2.45) is 7.05 Å². The summed E-state index contributed by atoms with van der Waals surface area (Å²) in [6, 6.07) is 7.89. The number of imidazole rings is 1. The van der Waals surface area contributed by atoms with Crippen molar-refractivity contribution in [3.63, 3.8) is 0 Å². The van der Waals surface area contributed by atoms with Crippen molar-refractivity contribution in [1.29, 1.82) is 0 Å². The Kier molecular flexibility index (Phi) is 4.00. The summed E-state index contributed by atoms with van der Waals surface area (Å²) in [7, 11) is 2.03. The Morgan fingerprint density at radius 1 is 1.38 bits per heavy atom. The zero-order chi connectivity index (χ0) is 16.5. The summed E-state index contributed by atoms with van der Waals surface area (Å²) in [6.07, 6.45) is 4.21. The predicted molar refractivity (Wildman–Crippen MR) is 92.0 cm³/mol. The summed E-state index contributed by atoms with van der Waals surface area (Å²) in [6.45, 7) is 2.62. The Labute approximate surface area is 140 Å². The van der Waals surface area contributed by atoms with E-state index in [1.165, 1.54) is 5.69 Å². The van der Waals surface area contributed by atoms with Gasteiger partial charge < -0.3 is 19.4 Å². The molecule has 3 aromatic rings. The number of fused-ring (bicyclic) bond motifs is 2. The number of hydrogen-bond acceptors (Lipinski definition) is 4. The largest absolute Gasteiger partial charge is 0.490 e. The van der Waals surface area contributed by atoms with E-state index in [4.69, 9.17) is 4.74 Å². The number of β-amino-alcohol motifs (C(OH)–C–C–N with tert-alkyl or cyclic N) is 1. The highest BCUT2D eigenvalue weighted by Gasteiger charge is 2.22. The number of aliphatic hydroxyl groups excluding tert-OH is 1. The van der Waals surface area contributed by atoms with Crippen molar-refractivity contribution in [2.45, 2.75) is 19.1 Å². The number of aromatic nitrogens is 3. The van der Waals surface area contributed by atoms with Gasteiger partial charge in [-0.05, 0) is 18.2 Å². The molecule has 1 aliphatic heterocycles. The molecule has 0 saturated heterocycles. The molecule has 4 rings (SSSR count). The van der Waals surface area contributed by atoms with Gasteiger partial charge in [0, 0.05) is 55.9 Å². The van der Waals surface area contributed by atoms with Gasteiger partial charge in [0.15, 0.2) is 0 Å². The van der Waals surface area contributed by atoms with Gasteiger partial charge in [0.2, 0.25) is 0 Å². The number of aromatic amines is 1. The Morgan fingerprint density at radius 3 is 3.21 bits per heavy atom. The van der Waals surface area contributed by atoms with Gasteiger partial charge in [-0.2, -0.15) is 0 Å². The van der Waals surface area contributed by atoms with Crippen LogP contribution in [-0.2, 0) is 20.0 Å². The van der Waals surface area contributed by atoms with Crippen molar-refractivity contribution in [2.75, 3.05) is 19.7 Å². The molecule has 1 unspecified atom stereocenters. The van der Waals surface area contributed by atoms with Crippen molar-refractivity contribution in [1.82, 2.24) is 19.4 Å². The van der Waals surface area contributed by atoms with Crippen LogP contribution in [0.4, 0.5) is 0 Å². The molecule has 0 fully saturated rings. The molecule has 0 amide bonds. The molecule has 2 aromatic heterocycles. The second kappa shape index (κ2) is 6.30. The molecule has 6 heteroatoms. The van der Waals surface area contributed by atoms with E-state index in [0.717, 1.165) is 41.9 Å². The summed E-state index contributed by atoms with van der Waals surface area (Å²) >= 11 is 0. The number of H-pyrrole nitrogens is 1. The molecule has 0 saturated carbocycles. The fraction of sp³-hybridized carbons (Fsp3) is 0.389. The number of hydrogen-bond donors (Lipinski definition) is 2. The molecule has 24 heavy (non-hydrogen) atoms. The molecule has 0 spiro atoms. The molecular weight excluding hydrogens is 304 g/mol. The van der Waals surface area contributed by atoms with E-state index in [9.17, 15) is 5.11 Å². The lowest BCUT2D eigenvalue weighted by molar-refractivity contribution is 0.0636. The average molecular weight is 326 g/mol. The van der Waals surface area contributed by atoms with Crippen molar-refractivity contribution in [3.8, 4) is 5.75 Å². The van der Waals surface area contributed by atoms with Crippen LogP contribution in [0.3, 0.4) is 0 Å². The Balaban J connectivity index is 1.34. The maximum atomic E-state index is 10.3. The summed E-state index contributed by atoms with van der Waals surface area (Å²) in [5.41, 5.74) is 3.46. The molecule has 1 aliphatic rings. The second-order valence-electron chi connectivity index (χ2n) is 6.39. The zero-order valence-electron chi connectivity index (χ0n) is 13.8. The Morgan fingerprint density at radius 2 is 2.29 bits per heavy atom. The number of ether oxygens (including phenoxy) is 1. The van der Waals surface area contributed by atoms with Gasteiger partial charge in [-0.1, -0.05) is 6.07 Å². The third-order valence-corrected chi connectivity index (χ3v) is 4.64. The maximum absolute atomic E-state index is 10.3. The van der Waals surface area contributed by atoms with Crippen LogP contribution in [0.1, 0.15) is 11.4 Å². The number of nitrogens with one attached hydrogen (secondary N) is 1. The van der Waals surface area contributed by atoms with Crippen LogP contribution in [0.15, 0.2) is 36.8 Å². The second-order valence-corrected chi connectivity index (χ2v) is 6.39. The highest BCUT2D eigenvalue weighted by atomic mass is 16.5. The maximum Gasteiger partial charge on any atom is 0.128 e. The number of benzene rings is 1. The Bertz CT molecular complexity index is 839. The van der Waals surface area contributed by atoms with Gasteiger partial charge in [-0.15, -0.1) is 0 Å². The van der Waals surface area contributed by atoms with Crippen LogP contribution in [0.2, 0.25) is 0 Å². The lowest BCUT2D eigenvalue weighted by atomic mass is 10.1. The third kappa shape index (κ3) is 2.90. The SMILES string of the molecule is Cn1cnc2c1CCN(CC(O)COc1cccc3[nH]ccc13)C2. The minimum absolute atomic E-state index is 0.288.